The second kappa shape index (κ2) is 7.88. The van der Waals surface area contributed by atoms with Gasteiger partial charge in [-0.3, -0.25) is 4.79 Å². The summed E-state index contributed by atoms with van der Waals surface area (Å²) in [5, 5.41) is 10.9. The Labute approximate surface area is 159 Å². The Hall–Kier alpha value is -2.38. The summed E-state index contributed by atoms with van der Waals surface area (Å²) < 4.78 is 19.1. The fourth-order valence-corrected chi connectivity index (χ4v) is 2.99. The average molecular weight is 392 g/mol. The standard InChI is InChI=1S/C18H15ClFN3O2S/c1-10-6-7-14(9-15(10)20)21-16(24)11(2)26-18-23-22-17(25-18)12-4-3-5-13(19)8-12/h3-9,11H,1-2H3,(H,21,24)/t11-/m1/s1. The number of carbonyl (C=O) groups is 1. The molecule has 0 aliphatic heterocycles. The van der Waals surface area contributed by atoms with Crippen LogP contribution in [0.1, 0.15) is 12.5 Å². The molecule has 0 bridgehead atoms. The van der Waals surface area contributed by atoms with E-state index in [1.807, 2.05) is 0 Å². The largest absolute Gasteiger partial charge is 0.411 e. The number of benzene rings is 2. The van der Waals surface area contributed by atoms with Crippen molar-refractivity contribution in [3.63, 3.8) is 0 Å². The van der Waals surface area contributed by atoms with Gasteiger partial charge in [-0.25, -0.2) is 4.39 Å². The van der Waals surface area contributed by atoms with Crippen LogP contribution in [0.2, 0.25) is 5.02 Å². The highest BCUT2D eigenvalue weighted by Gasteiger charge is 2.19. The van der Waals surface area contributed by atoms with Crippen LogP contribution in [0.15, 0.2) is 52.1 Å². The first-order valence-corrected chi connectivity index (χ1v) is 9.01. The van der Waals surface area contributed by atoms with Gasteiger partial charge in [0.25, 0.3) is 5.22 Å². The molecule has 1 amide bonds. The molecule has 134 valence electrons. The lowest BCUT2D eigenvalue weighted by molar-refractivity contribution is -0.115. The normalized spacial score (nSPS) is 12.0. The molecule has 0 spiro atoms. The Balaban J connectivity index is 1.65. The average Bonchev–Trinajstić information content (AvgIpc) is 3.06. The number of amides is 1. The summed E-state index contributed by atoms with van der Waals surface area (Å²) in [6, 6.07) is 11.6. The summed E-state index contributed by atoms with van der Waals surface area (Å²) in [5.74, 6) is -0.338. The number of carbonyl (C=O) groups excluding carboxylic acids is 1. The van der Waals surface area contributed by atoms with Gasteiger partial charge in [0.05, 0.1) is 5.25 Å². The fourth-order valence-electron chi connectivity index (χ4n) is 2.11. The number of nitrogens with zero attached hydrogens (tertiary/aromatic N) is 2. The summed E-state index contributed by atoms with van der Waals surface area (Å²) in [6.45, 7) is 3.36. The Bertz CT molecular complexity index is 948. The topological polar surface area (TPSA) is 68.0 Å². The van der Waals surface area contributed by atoms with Crippen molar-refractivity contribution in [2.45, 2.75) is 24.3 Å². The highest BCUT2D eigenvalue weighted by molar-refractivity contribution is 8.00. The van der Waals surface area contributed by atoms with Crippen molar-refractivity contribution in [2.75, 3.05) is 5.32 Å². The second-order valence-electron chi connectivity index (χ2n) is 5.60. The highest BCUT2D eigenvalue weighted by Crippen LogP contribution is 2.28. The van der Waals surface area contributed by atoms with E-state index < -0.39 is 5.25 Å². The zero-order valence-electron chi connectivity index (χ0n) is 14.0. The summed E-state index contributed by atoms with van der Waals surface area (Å²) >= 11 is 7.07. The molecule has 3 aromatic rings. The highest BCUT2D eigenvalue weighted by atomic mass is 35.5. The molecule has 1 N–H and O–H groups in total. The number of anilines is 1. The third-order valence-electron chi connectivity index (χ3n) is 3.56. The zero-order valence-corrected chi connectivity index (χ0v) is 15.6. The van der Waals surface area contributed by atoms with E-state index in [-0.39, 0.29) is 16.9 Å². The van der Waals surface area contributed by atoms with Gasteiger partial charge in [0.15, 0.2) is 0 Å². The molecular weight excluding hydrogens is 377 g/mol. The molecule has 2 aromatic carbocycles. The van der Waals surface area contributed by atoms with E-state index in [9.17, 15) is 9.18 Å². The van der Waals surface area contributed by atoms with E-state index in [2.05, 4.69) is 15.5 Å². The third-order valence-corrected chi connectivity index (χ3v) is 4.73. The first-order chi connectivity index (χ1) is 12.4. The maximum absolute atomic E-state index is 13.6. The number of hydrogen-bond donors (Lipinski definition) is 1. The lowest BCUT2D eigenvalue weighted by atomic mass is 10.2. The van der Waals surface area contributed by atoms with Crippen molar-refractivity contribution >= 4 is 35.0 Å². The lowest BCUT2D eigenvalue weighted by Crippen LogP contribution is -2.22. The number of halogens is 2. The van der Waals surface area contributed by atoms with Gasteiger partial charge in [0, 0.05) is 16.3 Å². The quantitative estimate of drug-likeness (QED) is 0.623. The monoisotopic (exact) mass is 391 g/mol. The molecule has 1 heterocycles. The maximum atomic E-state index is 13.6. The number of hydrogen-bond acceptors (Lipinski definition) is 5. The minimum Gasteiger partial charge on any atom is -0.411 e. The Morgan fingerprint density at radius 1 is 1.27 bits per heavy atom. The second-order valence-corrected chi connectivity index (χ2v) is 7.33. The maximum Gasteiger partial charge on any atom is 0.277 e. The van der Waals surface area contributed by atoms with Gasteiger partial charge in [-0.15, -0.1) is 10.2 Å². The molecule has 0 aliphatic rings. The molecule has 0 fully saturated rings. The SMILES string of the molecule is Cc1ccc(NC(=O)[C@@H](C)Sc2nnc(-c3cccc(Cl)c3)o2)cc1F. The molecule has 5 nitrogen and oxygen atoms in total. The third kappa shape index (κ3) is 4.42. The smallest absolute Gasteiger partial charge is 0.277 e. The Kier molecular flexibility index (Phi) is 5.58. The van der Waals surface area contributed by atoms with Gasteiger partial charge in [0.2, 0.25) is 11.8 Å². The molecule has 3 rings (SSSR count). The molecule has 8 heteroatoms. The van der Waals surface area contributed by atoms with Crippen LogP contribution in [0.4, 0.5) is 10.1 Å². The van der Waals surface area contributed by atoms with Crippen LogP contribution in [0.3, 0.4) is 0 Å². The summed E-state index contributed by atoms with van der Waals surface area (Å²) in [5.41, 5.74) is 1.62. The molecule has 0 radical (unpaired) electrons. The van der Waals surface area contributed by atoms with Crippen LogP contribution >= 0.6 is 23.4 Å². The predicted molar refractivity (Wildman–Crippen MR) is 99.8 cm³/mol. The fraction of sp³-hybridized carbons (Fsp3) is 0.167. The van der Waals surface area contributed by atoms with E-state index in [1.165, 1.54) is 6.07 Å². The summed E-state index contributed by atoms with van der Waals surface area (Å²) in [6.07, 6.45) is 0. The van der Waals surface area contributed by atoms with E-state index in [0.717, 1.165) is 11.8 Å². The molecular formula is C18H15ClFN3O2S. The van der Waals surface area contributed by atoms with Gasteiger partial charge < -0.3 is 9.73 Å². The van der Waals surface area contributed by atoms with E-state index in [0.29, 0.717) is 27.7 Å². The molecule has 26 heavy (non-hydrogen) atoms. The van der Waals surface area contributed by atoms with Gasteiger partial charge in [-0.05, 0) is 49.7 Å². The number of aryl methyl sites for hydroxylation is 1. The van der Waals surface area contributed by atoms with Crippen molar-refractivity contribution in [3.05, 3.63) is 58.9 Å². The van der Waals surface area contributed by atoms with Crippen molar-refractivity contribution in [1.82, 2.24) is 10.2 Å². The van der Waals surface area contributed by atoms with Gasteiger partial charge in [-0.1, -0.05) is 35.5 Å². The summed E-state index contributed by atoms with van der Waals surface area (Å²) in [4.78, 5) is 12.3. The van der Waals surface area contributed by atoms with Crippen LogP contribution in [0.5, 0.6) is 0 Å². The first-order valence-electron chi connectivity index (χ1n) is 7.75. The van der Waals surface area contributed by atoms with Crippen LogP contribution in [-0.4, -0.2) is 21.4 Å². The van der Waals surface area contributed by atoms with Crippen molar-refractivity contribution in [3.8, 4) is 11.5 Å². The van der Waals surface area contributed by atoms with Crippen molar-refractivity contribution < 1.29 is 13.6 Å². The number of nitrogens with one attached hydrogen (secondary N) is 1. The van der Waals surface area contributed by atoms with E-state index in [1.54, 1.807) is 50.2 Å². The zero-order chi connectivity index (χ0) is 18.7. The molecule has 1 aromatic heterocycles. The molecule has 1 atom stereocenters. The Morgan fingerprint density at radius 3 is 2.81 bits per heavy atom. The van der Waals surface area contributed by atoms with Gasteiger partial charge in [0.1, 0.15) is 5.82 Å². The van der Waals surface area contributed by atoms with E-state index in [4.69, 9.17) is 16.0 Å². The first kappa shape index (κ1) is 18.4. The van der Waals surface area contributed by atoms with Crippen molar-refractivity contribution in [1.29, 1.82) is 0 Å². The predicted octanol–water partition coefficient (Wildman–Crippen LogP) is 4.96. The van der Waals surface area contributed by atoms with E-state index >= 15 is 0 Å². The molecule has 0 unspecified atom stereocenters. The number of aromatic nitrogens is 2. The van der Waals surface area contributed by atoms with Gasteiger partial charge in [-0.2, -0.15) is 0 Å². The summed E-state index contributed by atoms with van der Waals surface area (Å²) in [7, 11) is 0. The van der Waals surface area contributed by atoms with Gasteiger partial charge >= 0.3 is 0 Å². The van der Waals surface area contributed by atoms with Crippen LogP contribution < -0.4 is 5.32 Å². The lowest BCUT2D eigenvalue weighted by Gasteiger charge is -2.10. The molecule has 0 saturated heterocycles. The minimum absolute atomic E-state index is 0.262. The van der Waals surface area contributed by atoms with Crippen LogP contribution in [0, 0.1) is 12.7 Å². The minimum atomic E-state index is -0.507. The van der Waals surface area contributed by atoms with Crippen LogP contribution in [-0.2, 0) is 4.79 Å². The number of thioether (sulfide) groups is 1. The Morgan fingerprint density at radius 2 is 2.08 bits per heavy atom. The van der Waals surface area contributed by atoms with Crippen LogP contribution in [0.25, 0.3) is 11.5 Å². The van der Waals surface area contributed by atoms with Crippen molar-refractivity contribution in [2.24, 2.45) is 0 Å². The molecule has 0 aliphatic carbocycles. The number of rotatable bonds is 5. The molecule has 0 saturated carbocycles.